The molecule has 7 rings (SSSR count). The number of carboxylic acid groups (broad SMARTS) is 1. The Morgan fingerprint density at radius 2 is 1.95 bits per heavy atom. The Kier molecular flexibility index (Phi) is 7.08. The van der Waals surface area contributed by atoms with Crippen molar-refractivity contribution in [2.45, 2.75) is 32.1 Å². The van der Waals surface area contributed by atoms with E-state index < -0.39 is 17.8 Å². The fraction of sp³-hybridized carbons (Fsp3) is 0.194. The molecule has 0 amide bonds. The van der Waals surface area contributed by atoms with Crippen LogP contribution in [0.25, 0.3) is 32.6 Å². The molecule has 12 heteroatoms. The zero-order chi connectivity index (χ0) is 29.7. The molecule has 0 aliphatic carbocycles. The quantitative estimate of drug-likeness (QED) is 0.178. The highest BCUT2D eigenvalue weighted by atomic mass is 35.5. The average Bonchev–Trinajstić information content (AvgIpc) is 3.65. The summed E-state index contributed by atoms with van der Waals surface area (Å²) >= 11 is 7.24. The maximum Gasteiger partial charge on any atom is 0.346 e. The first-order valence-electron chi connectivity index (χ1n) is 13.4. The van der Waals surface area contributed by atoms with Crippen LogP contribution in [0.2, 0.25) is 5.02 Å². The van der Waals surface area contributed by atoms with Crippen LogP contribution < -0.4 is 4.74 Å². The van der Waals surface area contributed by atoms with Crippen LogP contribution in [0, 0.1) is 11.8 Å². The summed E-state index contributed by atoms with van der Waals surface area (Å²) in [6.45, 7) is 1.27. The van der Waals surface area contributed by atoms with E-state index in [9.17, 15) is 14.3 Å². The average molecular weight is 622 g/mol. The molecule has 0 bridgehead atoms. The summed E-state index contributed by atoms with van der Waals surface area (Å²) in [5, 5.41) is 10.2. The fourth-order valence-electron chi connectivity index (χ4n) is 5.10. The third-order valence-electron chi connectivity index (χ3n) is 7.40. The van der Waals surface area contributed by atoms with Crippen LogP contribution in [0.1, 0.15) is 33.0 Å². The molecule has 1 fully saturated rings. The van der Waals surface area contributed by atoms with Gasteiger partial charge in [0, 0.05) is 41.7 Å². The number of aromatic nitrogens is 3. The van der Waals surface area contributed by atoms with Gasteiger partial charge >= 0.3 is 5.97 Å². The minimum Gasteiger partial charge on any atom is -0.477 e. The maximum absolute atomic E-state index is 15.4. The SMILES string of the molecule is O=C(O)c1cc2c(nc(Cc3ccc(-c4cccc(OCc5ccc(Cl)c6cc(F)oc56)n4)cc3F)n2C[C@@H]2CCO2)s1. The Labute approximate surface area is 252 Å². The molecule has 43 heavy (non-hydrogen) atoms. The second-order valence-corrected chi connectivity index (χ2v) is 11.6. The Hall–Kier alpha value is -4.32. The molecule has 4 aromatic heterocycles. The van der Waals surface area contributed by atoms with Gasteiger partial charge in [-0.15, -0.1) is 11.3 Å². The highest BCUT2D eigenvalue weighted by Crippen LogP contribution is 2.32. The highest BCUT2D eigenvalue weighted by Gasteiger charge is 2.24. The molecule has 0 spiro atoms. The van der Waals surface area contributed by atoms with Crippen molar-refractivity contribution in [1.82, 2.24) is 14.5 Å². The molecule has 2 aromatic carbocycles. The number of furan rings is 1. The normalized spacial score (nSPS) is 14.8. The van der Waals surface area contributed by atoms with E-state index in [1.54, 1.807) is 48.5 Å². The summed E-state index contributed by atoms with van der Waals surface area (Å²) in [5.41, 5.74) is 3.14. The van der Waals surface area contributed by atoms with Gasteiger partial charge in [-0.3, -0.25) is 0 Å². The lowest BCUT2D eigenvalue weighted by Gasteiger charge is -2.27. The molecule has 1 aliphatic rings. The van der Waals surface area contributed by atoms with Gasteiger partial charge in [-0.05, 0) is 36.2 Å². The van der Waals surface area contributed by atoms with Crippen LogP contribution in [-0.4, -0.2) is 38.3 Å². The Morgan fingerprint density at radius 3 is 2.72 bits per heavy atom. The number of pyridine rings is 1. The zero-order valence-electron chi connectivity index (χ0n) is 22.4. The molecule has 1 aliphatic heterocycles. The molecule has 8 nitrogen and oxygen atoms in total. The van der Waals surface area contributed by atoms with Crippen LogP contribution in [0.15, 0.2) is 65.1 Å². The van der Waals surface area contributed by atoms with Crippen molar-refractivity contribution in [3.63, 3.8) is 0 Å². The number of fused-ring (bicyclic) bond motifs is 2. The van der Waals surface area contributed by atoms with Gasteiger partial charge < -0.3 is 23.6 Å². The largest absolute Gasteiger partial charge is 0.477 e. The third kappa shape index (κ3) is 5.35. The number of imidazole rings is 1. The molecule has 0 radical (unpaired) electrons. The maximum atomic E-state index is 15.4. The van der Waals surface area contributed by atoms with Gasteiger partial charge in [0.25, 0.3) is 6.01 Å². The first-order valence-corrected chi connectivity index (χ1v) is 14.6. The van der Waals surface area contributed by atoms with E-state index in [4.69, 9.17) is 25.5 Å². The summed E-state index contributed by atoms with van der Waals surface area (Å²) in [5.74, 6) is -0.478. The number of halogens is 3. The van der Waals surface area contributed by atoms with E-state index in [1.165, 1.54) is 12.1 Å². The third-order valence-corrected chi connectivity index (χ3v) is 8.73. The van der Waals surface area contributed by atoms with Crippen molar-refractivity contribution in [3.8, 4) is 17.1 Å². The molecular formula is C31H22ClF2N3O5S. The smallest absolute Gasteiger partial charge is 0.346 e. The van der Waals surface area contributed by atoms with Gasteiger partial charge in [0.2, 0.25) is 5.88 Å². The molecule has 218 valence electrons. The lowest BCUT2D eigenvalue weighted by Crippen LogP contribution is -2.31. The summed E-state index contributed by atoms with van der Waals surface area (Å²) in [6.07, 6.45) is 1.14. The number of ether oxygens (including phenoxy) is 2. The summed E-state index contributed by atoms with van der Waals surface area (Å²) < 4.78 is 47.7. The molecule has 5 heterocycles. The lowest BCUT2D eigenvalue weighted by atomic mass is 10.1. The van der Waals surface area contributed by atoms with Gasteiger partial charge in [0.15, 0.2) is 0 Å². The molecular weight excluding hydrogens is 600 g/mol. The van der Waals surface area contributed by atoms with E-state index in [-0.39, 0.29) is 24.0 Å². The molecule has 0 unspecified atom stereocenters. The van der Waals surface area contributed by atoms with E-state index in [0.29, 0.717) is 73.6 Å². The van der Waals surface area contributed by atoms with Crippen molar-refractivity contribution in [3.05, 3.63) is 99.3 Å². The molecule has 0 saturated carbocycles. The number of hydrogen-bond donors (Lipinski definition) is 1. The number of aromatic carboxylic acids is 1. The Bertz CT molecular complexity index is 2020. The minimum absolute atomic E-state index is 0.0167. The number of benzene rings is 2. The van der Waals surface area contributed by atoms with Crippen LogP contribution in [0.5, 0.6) is 5.88 Å². The number of nitrogens with zero attached hydrogens (tertiary/aromatic N) is 3. The minimum atomic E-state index is -1.00. The second kappa shape index (κ2) is 11.1. The van der Waals surface area contributed by atoms with Crippen molar-refractivity contribution in [2.75, 3.05) is 6.61 Å². The Morgan fingerprint density at radius 1 is 1.12 bits per heavy atom. The number of hydrogen-bond acceptors (Lipinski definition) is 7. The monoisotopic (exact) mass is 621 g/mol. The summed E-state index contributed by atoms with van der Waals surface area (Å²) in [6, 6.07) is 15.5. The van der Waals surface area contributed by atoms with Crippen molar-refractivity contribution in [1.29, 1.82) is 0 Å². The standard InChI is InChI=1S/C31H22ClF2N3O5S/c32-21-7-6-18(29-20(21)12-26(34)42-29)15-41-28-3-1-2-23(35-28)17-5-4-16(22(33)10-17)11-27-36-30-24(13-25(43-30)31(38)39)37(27)14-19-8-9-40-19/h1-7,10,12-13,19H,8-9,11,14-15H2,(H,38,39)/t19-/m0/s1. The predicted octanol–water partition coefficient (Wildman–Crippen LogP) is 7.49. The topological polar surface area (TPSA) is 99.6 Å². The van der Waals surface area contributed by atoms with Crippen molar-refractivity contribution in [2.24, 2.45) is 0 Å². The van der Waals surface area contributed by atoms with Gasteiger partial charge in [0.05, 0.1) is 28.9 Å². The van der Waals surface area contributed by atoms with Gasteiger partial charge in [-0.1, -0.05) is 35.9 Å². The molecule has 1 saturated heterocycles. The van der Waals surface area contributed by atoms with E-state index in [2.05, 4.69) is 9.97 Å². The number of rotatable bonds is 9. The van der Waals surface area contributed by atoms with Crippen LogP contribution in [0.4, 0.5) is 8.78 Å². The molecule has 6 aromatic rings. The van der Waals surface area contributed by atoms with Gasteiger partial charge in [-0.2, -0.15) is 4.39 Å². The second-order valence-electron chi connectivity index (χ2n) is 10.2. The van der Waals surface area contributed by atoms with Crippen molar-refractivity contribution < 1.29 is 32.6 Å². The Balaban J connectivity index is 1.11. The predicted molar refractivity (Wildman–Crippen MR) is 157 cm³/mol. The first kappa shape index (κ1) is 27.5. The zero-order valence-corrected chi connectivity index (χ0v) is 23.9. The summed E-state index contributed by atoms with van der Waals surface area (Å²) in [7, 11) is 0. The number of carboxylic acids is 1. The van der Waals surface area contributed by atoms with Gasteiger partial charge in [0.1, 0.15) is 33.5 Å². The summed E-state index contributed by atoms with van der Waals surface area (Å²) in [4.78, 5) is 21.5. The van der Waals surface area contributed by atoms with Crippen LogP contribution >= 0.6 is 22.9 Å². The lowest BCUT2D eigenvalue weighted by molar-refractivity contribution is -0.0589. The molecule has 1 atom stereocenters. The number of carbonyl (C=O) groups is 1. The first-order chi connectivity index (χ1) is 20.8. The van der Waals surface area contributed by atoms with E-state index >= 15 is 4.39 Å². The van der Waals surface area contributed by atoms with Crippen LogP contribution in [-0.2, 0) is 24.3 Å². The number of thiophene rings is 1. The highest BCUT2D eigenvalue weighted by molar-refractivity contribution is 7.20. The van der Waals surface area contributed by atoms with E-state index in [0.717, 1.165) is 17.8 Å². The van der Waals surface area contributed by atoms with Crippen molar-refractivity contribution >= 4 is 50.2 Å². The van der Waals surface area contributed by atoms with Crippen LogP contribution in [0.3, 0.4) is 0 Å². The van der Waals surface area contributed by atoms with Gasteiger partial charge in [-0.25, -0.2) is 19.2 Å². The fourth-order valence-corrected chi connectivity index (χ4v) is 6.19. The molecule has 1 N–H and O–H groups in total. The van der Waals surface area contributed by atoms with E-state index in [1.807, 2.05) is 4.57 Å².